The number of rotatable bonds is 3. The molecule has 0 heterocycles. The molecule has 1 saturated carbocycles. The second kappa shape index (κ2) is 5.64. The topological polar surface area (TPSA) is 78.9 Å². The van der Waals surface area contributed by atoms with Crippen LogP contribution in [0.3, 0.4) is 0 Å². The Hall–Kier alpha value is -1.86. The first-order chi connectivity index (χ1) is 9.44. The second-order valence-electron chi connectivity index (χ2n) is 6.00. The zero-order valence-electron chi connectivity index (χ0n) is 12.0. The third kappa shape index (κ3) is 3.00. The molecular formula is C16H21N3O. The quantitative estimate of drug-likeness (QED) is 0.886. The van der Waals surface area contributed by atoms with E-state index in [9.17, 15) is 4.79 Å². The van der Waals surface area contributed by atoms with E-state index in [0.29, 0.717) is 0 Å². The molecule has 0 aromatic heterocycles. The minimum absolute atomic E-state index is 0.00212. The number of hydrogen-bond acceptors (Lipinski definition) is 3. The maximum absolute atomic E-state index is 12.1. The number of carbonyl (C=O) groups is 1. The lowest BCUT2D eigenvalue weighted by Crippen LogP contribution is -2.34. The summed E-state index contributed by atoms with van der Waals surface area (Å²) in [7, 11) is 0. The number of nitrogens with zero attached hydrogens (tertiary/aromatic N) is 1. The first-order valence-corrected chi connectivity index (χ1v) is 7.02. The summed E-state index contributed by atoms with van der Waals surface area (Å²) in [5.41, 5.74) is 7.11. The summed E-state index contributed by atoms with van der Waals surface area (Å²) in [6.45, 7) is 3.75. The van der Waals surface area contributed by atoms with Gasteiger partial charge in [-0.25, -0.2) is 0 Å². The van der Waals surface area contributed by atoms with Gasteiger partial charge in [-0.15, -0.1) is 0 Å². The Balaban J connectivity index is 2.04. The standard InChI is InChI=1S/C16H21N3O/c1-16(2,10-17)11-6-8-12(9-7-11)19-15(20)13-4-3-5-14(13)18/h6-9,13-14H,3-5,18H2,1-2H3,(H,19,20). The van der Waals surface area contributed by atoms with E-state index >= 15 is 0 Å². The monoisotopic (exact) mass is 271 g/mol. The molecular weight excluding hydrogens is 250 g/mol. The normalized spacial score (nSPS) is 22.3. The smallest absolute Gasteiger partial charge is 0.229 e. The molecule has 1 aromatic rings. The van der Waals surface area contributed by atoms with Gasteiger partial charge < -0.3 is 11.1 Å². The molecule has 2 rings (SSSR count). The molecule has 0 radical (unpaired) electrons. The highest BCUT2D eigenvalue weighted by molar-refractivity contribution is 5.93. The zero-order chi connectivity index (χ0) is 14.8. The second-order valence-corrected chi connectivity index (χ2v) is 6.00. The van der Waals surface area contributed by atoms with Gasteiger partial charge in [0.1, 0.15) is 0 Å². The van der Waals surface area contributed by atoms with Crippen molar-refractivity contribution in [2.45, 2.75) is 44.6 Å². The fourth-order valence-corrected chi connectivity index (χ4v) is 2.58. The van der Waals surface area contributed by atoms with E-state index in [1.54, 1.807) is 0 Å². The van der Waals surface area contributed by atoms with Gasteiger partial charge in [0.05, 0.1) is 17.4 Å². The van der Waals surface area contributed by atoms with Crippen LogP contribution in [0.5, 0.6) is 0 Å². The Labute approximate surface area is 120 Å². The molecule has 106 valence electrons. The fourth-order valence-electron chi connectivity index (χ4n) is 2.58. The first-order valence-electron chi connectivity index (χ1n) is 7.02. The lowest BCUT2D eigenvalue weighted by atomic mass is 9.86. The van der Waals surface area contributed by atoms with Crippen LogP contribution >= 0.6 is 0 Å². The molecule has 0 saturated heterocycles. The average molecular weight is 271 g/mol. The molecule has 0 spiro atoms. The number of anilines is 1. The Bertz CT molecular complexity index is 528. The highest BCUT2D eigenvalue weighted by Crippen LogP contribution is 2.26. The predicted octanol–water partition coefficient (Wildman–Crippen LogP) is 2.55. The Kier molecular flexibility index (Phi) is 4.10. The SMILES string of the molecule is CC(C)(C#N)c1ccc(NC(=O)C2CCCC2N)cc1. The lowest BCUT2D eigenvalue weighted by Gasteiger charge is -2.18. The van der Waals surface area contributed by atoms with Crippen LogP contribution in [0.4, 0.5) is 5.69 Å². The van der Waals surface area contributed by atoms with Crippen molar-refractivity contribution >= 4 is 11.6 Å². The zero-order valence-corrected chi connectivity index (χ0v) is 12.0. The van der Waals surface area contributed by atoms with Crippen molar-refractivity contribution in [2.24, 2.45) is 11.7 Å². The molecule has 0 bridgehead atoms. The minimum Gasteiger partial charge on any atom is -0.327 e. The van der Waals surface area contributed by atoms with Gasteiger partial charge in [-0.1, -0.05) is 18.6 Å². The summed E-state index contributed by atoms with van der Waals surface area (Å²) >= 11 is 0. The molecule has 2 unspecified atom stereocenters. The van der Waals surface area contributed by atoms with Gasteiger partial charge in [0.15, 0.2) is 0 Å². The molecule has 4 heteroatoms. The molecule has 1 amide bonds. The van der Waals surface area contributed by atoms with E-state index in [2.05, 4.69) is 11.4 Å². The summed E-state index contributed by atoms with van der Waals surface area (Å²) in [6.07, 6.45) is 2.81. The van der Waals surface area contributed by atoms with E-state index in [4.69, 9.17) is 11.0 Å². The van der Waals surface area contributed by atoms with Crippen molar-refractivity contribution < 1.29 is 4.79 Å². The van der Waals surface area contributed by atoms with Crippen LogP contribution in [0.2, 0.25) is 0 Å². The molecule has 20 heavy (non-hydrogen) atoms. The molecule has 1 aromatic carbocycles. The number of carbonyl (C=O) groups excluding carboxylic acids is 1. The lowest BCUT2D eigenvalue weighted by molar-refractivity contribution is -0.120. The predicted molar refractivity (Wildman–Crippen MR) is 79.0 cm³/mol. The van der Waals surface area contributed by atoms with Crippen molar-refractivity contribution in [1.29, 1.82) is 5.26 Å². The van der Waals surface area contributed by atoms with E-state index < -0.39 is 5.41 Å². The highest BCUT2D eigenvalue weighted by Gasteiger charge is 2.30. The number of hydrogen-bond donors (Lipinski definition) is 2. The average Bonchev–Trinajstić information content (AvgIpc) is 2.85. The third-order valence-corrected chi connectivity index (χ3v) is 4.06. The number of amides is 1. The van der Waals surface area contributed by atoms with Crippen molar-refractivity contribution in [1.82, 2.24) is 0 Å². The van der Waals surface area contributed by atoms with Crippen LogP contribution in [-0.2, 0) is 10.2 Å². The van der Waals surface area contributed by atoms with Gasteiger partial charge in [-0.3, -0.25) is 4.79 Å². The Morgan fingerprint density at radius 1 is 1.35 bits per heavy atom. The number of nitrogens with two attached hydrogens (primary N) is 1. The molecule has 3 N–H and O–H groups in total. The molecule has 1 aliphatic carbocycles. The largest absolute Gasteiger partial charge is 0.327 e. The molecule has 2 atom stereocenters. The molecule has 1 aliphatic rings. The van der Waals surface area contributed by atoms with Gasteiger partial charge >= 0.3 is 0 Å². The van der Waals surface area contributed by atoms with E-state index in [0.717, 1.165) is 30.5 Å². The van der Waals surface area contributed by atoms with E-state index in [1.165, 1.54) is 0 Å². The third-order valence-electron chi connectivity index (χ3n) is 4.06. The van der Waals surface area contributed by atoms with Crippen molar-refractivity contribution in [3.05, 3.63) is 29.8 Å². The summed E-state index contributed by atoms with van der Waals surface area (Å²) in [4.78, 5) is 12.1. The van der Waals surface area contributed by atoms with Crippen LogP contribution in [0.25, 0.3) is 0 Å². The minimum atomic E-state index is -0.518. The summed E-state index contributed by atoms with van der Waals surface area (Å²) in [5.74, 6) is -0.0764. The van der Waals surface area contributed by atoms with Crippen LogP contribution in [0.1, 0.15) is 38.7 Å². The Morgan fingerprint density at radius 3 is 2.50 bits per heavy atom. The summed E-state index contributed by atoms with van der Waals surface area (Å²) in [5, 5.41) is 12.0. The van der Waals surface area contributed by atoms with Crippen molar-refractivity contribution in [3.8, 4) is 6.07 Å². The molecule has 1 fully saturated rings. The number of benzene rings is 1. The number of nitrogens with one attached hydrogen (secondary N) is 1. The van der Waals surface area contributed by atoms with E-state index in [1.807, 2.05) is 38.1 Å². The van der Waals surface area contributed by atoms with Crippen molar-refractivity contribution in [3.63, 3.8) is 0 Å². The maximum Gasteiger partial charge on any atom is 0.229 e. The Morgan fingerprint density at radius 2 is 2.00 bits per heavy atom. The molecule has 0 aliphatic heterocycles. The van der Waals surface area contributed by atoms with Crippen LogP contribution < -0.4 is 11.1 Å². The molecule has 4 nitrogen and oxygen atoms in total. The first kappa shape index (κ1) is 14.5. The van der Waals surface area contributed by atoms with Crippen LogP contribution in [-0.4, -0.2) is 11.9 Å². The van der Waals surface area contributed by atoms with E-state index in [-0.39, 0.29) is 17.9 Å². The van der Waals surface area contributed by atoms with Gasteiger partial charge in [-0.2, -0.15) is 5.26 Å². The summed E-state index contributed by atoms with van der Waals surface area (Å²) in [6, 6.07) is 9.69. The number of nitriles is 1. The fraction of sp³-hybridized carbons (Fsp3) is 0.500. The summed E-state index contributed by atoms with van der Waals surface area (Å²) < 4.78 is 0. The maximum atomic E-state index is 12.1. The van der Waals surface area contributed by atoms with Crippen LogP contribution in [0, 0.1) is 17.2 Å². The van der Waals surface area contributed by atoms with Gasteiger partial charge in [0.2, 0.25) is 5.91 Å². The highest BCUT2D eigenvalue weighted by atomic mass is 16.1. The van der Waals surface area contributed by atoms with Gasteiger partial charge in [0.25, 0.3) is 0 Å². The van der Waals surface area contributed by atoms with Gasteiger partial charge in [-0.05, 0) is 44.4 Å². The van der Waals surface area contributed by atoms with Crippen LogP contribution in [0.15, 0.2) is 24.3 Å². The van der Waals surface area contributed by atoms with Gasteiger partial charge in [0, 0.05) is 11.7 Å². The van der Waals surface area contributed by atoms with Crippen molar-refractivity contribution in [2.75, 3.05) is 5.32 Å².